The van der Waals surface area contributed by atoms with Gasteiger partial charge in [-0.15, -0.1) is 0 Å². The van der Waals surface area contributed by atoms with E-state index in [4.69, 9.17) is 14.6 Å². The summed E-state index contributed by atoms with van der Waals surface area (Å²) < 4.78 is 11.8. The van der Waals surface area contributed by atoms with Crippen molar-refractivity contribution < 1.29 is 33.8 Å². The lowest BCUT2D eigenvalue weighted by atomic mass is 10.0. The van der Waals surface area contributed by atoms with Crippen LogP contribution in [-0.4, -0.2) is 109 Å². The third kappa shape index (κ3) is 5.75. The monoisotopic (exact) mass is 528 g/mol. The average molecular weight is 529 g/mol. The Kier molecular flexibility index (Phi) is 8.37. The van der Waals surface area contributed by atoms with E-state index in [0.29, 0.717) is 24.3 Å². The van der Waals surface area contributed by atoms with Crippen LogP contribution in [-0.2, 0) is 19.1 Å². The predicted molar refractivity (Wildman–Crippen MR) is 137 cm³/mol. The Morgan fingerprint density at radius 2 is 1.55 bits per heavy atom. The highest BCUT2D eigenvalue weighted by Gasteiger charge is 2.44. The number of carbonyl (C=O) groups is 4. The highest BCUT2D eigenvalue weighted by Crippen LogP contribution is 2.32. The molecular weight excluding hydrogens is 492 g/mol. The molecule has 0 aliphatic carbocycles. The van der Waals surface area contributed by atoms with Gasteiger partial charge in [0.25, 0.3) is 11.8 Å². The summed E-state index contributed by atoms with van der Waals surface area (Å²) in [5.41, 5.74) is 1.49. The maximum Gasteiger partial charge on any atom is 0.262 e. The van der Waals surface area contributed by atoms with Gasteiger partial charge in [0.1, 0.15) is 6.04 Å². The zero-order valence-corrected chi connectivity index (χ0v) is 21.6. The number of hydrogen-bond donors (Lipinski definition) is 2. The maximum atomic E-state index is 13.1. The van der Waals surface area contributed by atoms with E-state index in [0.717, 1.165) is 69.0 Å². The van der Waals surface area contributed by atoms with Gasteiger partial charge in [-0.2, -0.15) is 0 Å². The van der Waals surface area contributed by atoms with E-state index >= 15 is 0 Å². The zero-order chi connectivity index (χ0) is 26.6. The molecule has 38 heavy (non-hydrogen) atoms. The van der Waals surface area contributed by atoms with Gasteiger partial charge < -0.3 is 24.4 Å². The average Bonchev–Trinajstić information content (AvgIpc) is 3.17. The van der Waals surface area contributed by atoms with Crippen molar-refractivity contribution >= 4 is 29.3 Å². The second-order valence-electron chi connectivity index (χ2n) is 10.4. The van der Waals surface area contributed by atoms with Crippen LogP contribution in [0.25, 0.3) is 0 Å². The minimum atomic E-state index is -0.956. The van der Waals surface area contributed by atoms with Crippen LogP contribution >= 0.6 is 0 Å². The van der Waals surface area contributed by atoms with Crippen LogP contribution in [0.2, 0.25) is 0 Å². The van der Waals surface area contributed by atoms with Crippen molar-refractivity contribution in [2.24, 2.45) is 0 Å². The fourth-order valence-corrected chi connectivity index (χ4v) is 5.81. The molecule has 0 bridgehead atoms. The lowest BCUT2D eigenvalue weighted by molar-refractivity contribution is -0.136. The summed E-state index contributed by atoms with van der Waals surface area (Å²) in [7, 11) is 0. The summed E-state index contributed by atoms with van der Waals surface area (Å²) in [5.74, 6) is -1.95. The highest BCUT2D eigenvalue weighted by atomic mass is 16.5. The Morgan fingerprint density at radius 1 is 0.868 bits per heavy atom. The Morgan fingerprint density at radius 3 is 2.24 bits per heavy atom. The second kappa shape index (κ2) is 11.9. The van der Waals surface area contributed by atoms with Gasteiger partial charge in [0.05, 0.1) is 43.2 Å². The molecule has 4 heterocycles. The summed E-state index contributed by atoms with van der Waals surface area (Å²) in [6, 6.07) is 4.33. The first kappa shape index (κ1) is 26.7. The molecule has 4 aliphatic rings. The minimum absolute atomic E-state index is 0.0577. The topological polar surface area (TPSA) is 129 Å². The normalized spacial score (nSPS) is 23.8. The summed E-state index contributed by atoms with van der Waals surface area (Å²) >= 11 is 0. The maximum absolute atomic E-state index is 13.1. The smallest absolute Gasteiger partial charge is 0.262 e. The van der Waals surface area contributed by atoms with E-state index in [2.05, 4.69) is 15.1 Å². The van der Waals surface area contributed by atoms with Crippen LogP contribution in [0.3, 0.4) is 0 Å². The van der Waals surface area contributed by atoms with E-state index in [1.165, 1.54) is 0 Å². The molecule has 0 spiro atoms. The molecule has 4 amide bonds. The van der Waals surface area contributed by atoms with E-state index < -0.39 is 23.8 Å². The number of imide groups is 2. The molecule has 1 unspecified atom stereocenters. The van der Waals surface area contributed by atoms with E-state index in [-0.39, 0.29) is 37.6 Å². The number of ether oxygens (including phenoxy) is 2. The molecule has 1 aromatic carbocycles. The Labute approximate surface area is 222 Å². The van der Waals surface area contributed by atoms with Gasteiger partial charge >= 0.3 is 0 Å². The number of aliphatic hydroxyl groups is 1. The van der Waals surface area contributed by atoms with Crippen molar-refractivity contribution in [2.45, 2.75) is 56.8 Å². The van der Waals surface area contributed by atoms with Crippen molar-refractivity contribution in [3.05, 3.63) is 29.3 Å². The van der Waals surface area contributed by atoms with E-state index in [1.807, 2.05) is 6.07 Å². The van der Waals surface area contributed by atoms with Crippen molar-refractivity contribution in [1.82, 2.24) is 15.1 Å². The first-order chi connectivity index (χ1) is 18.4. The van der Waals surface area contributed by atoms with Gasteiger partial charge in [-0.3, -0.25) is 29.4 Å². The molecular formula is C27H36N4O7. The lowest BCUT2D eigenvalue weighted by Crippen LogP contribution is -2.54. The number of aliphatic hydroxyl groups excluding tert-OH is 1. The SMILES string of the molecule is O=C1CCC(N2C(=O)c3ccc(N4CCC(OC5CCN(CCOCCO)CC5)CC4)cc3C2=O)C(=O)N1. The fourth-order valence-electron chi connectivity index (χ4n) is 5.81. The molecule has 0 radical (unpaired) electrons. The number of nitrogens with one attached hydrogen (secondary N) is 1. The van der Waals surface area contributed by atoms with Crippen molar-refractivity contribution in [3.8, 4) is 0 Å². The molecule has 11 heteroatoms. The summed E-state index contributed by atoms with van der Waals surface area (Å²) in [5, 5.41) is 11.0. The third-order valence-electron chi connectivity index (χ3n) is 7.94. The van der Waals surface area contributed by atoms with Crippen LogP contribution in [0.5, 0.6) is 0 Å². The summed E-state index contributed by atoms with van der Waals surface area (Å²) in [6.45, 7) is 5.54. The van der Waals surface area contributed by atoms with Crippen LogP contribution in [0.1, 0.15) is 59.2 Å². The molecule has 1 atom stereocenters. The molecule has 3 fully saturated rings. The molecule has 2 N–H and O–H groups in total. The molecule has 4 aliphatic heterocycles. The molecule has 0 saturated carbocycles. The van der Waals surface area contributed by atoms with Crippen molar-refractivity contribution in [2.75, 3.05) is 57.4 Å². The van der Waals surface area contributed by atoms with Crippen molar-refractivity contribution in [3.63, 3.8) is 0 Å². The van der Waals surface area contributed by atoms with Gasteiger partial charge in [0.2, 0.25) is 11.8 Å². The number of likely N-dealkylation sites (tertiary alicyclic amines) is 1. The molecule has 1 aromatic rings. The number of amides is 4. The van der Waals surface area contributed by atoms with Crippen LogP contribution in [0, 0.1) is 0 Å². The van der Waals surface area contributed by atoms with Gasteiger partial charge in [-0.05, 0) is 50.3 Å². The molecule has 11 nitrogen and oxygen atoms in total. The Hall–Kier alpha value is -2.86. The molecule has 3 saturated heterocycles. The fraction of sp³-hybridized carbons (Fsp3) is 0.630. The summed E-state index contributed by atoms with van der Waals surface area (Å²) in [6.07, 6.45) is 4.51. The number of nitrogens with zero attached hydrogens (tertiary/aromatic N) is 3. The van der Waals surface area contributed by atoms with Crippen LogP contribution in [0.15, 0.2) is 18.2 Å². The number of carbonyl (C=O) groups excluding carboxylic acids is 4. The second-order valence-corrected chi connectivity index (χ2v) is 10.4. The summed E-state index contributed by atoms with van der Waals surface area (Å²) in [4.78, 5) is 55.4. The number of anilines is 1. The number of rotatable bonds is 9. The number of piperidine rings is 3. The van der Waals surface area contributed by atoms with E-state index in [9.17, 15) is 19.2 Å². The standard InChI is InChI=1S/C27H36N4O7/c32-14-16-37-15-13-29-9-5-19(6-10-29)38-20-7-11-30(12-8-20)18-1-2-21-22(17-18)27(36)31(26(21)35)23-3-4-24(33)28-25(23)34/h1-2,17,19-20,23,32H,3-16H2,(H,28,33,34). The first-order valence-corrected chi connectivity index (χ1v) is 13.6. The van der Waals surface area contributed by atoms with Crippen LogP contribution in [0.4, 0.5) is 5.69 Å². The van der Waals surface area contributed by atoms with Gasteiger partial charge in [0.15, 0.2) is 0 Å². The number of hydrogen-bond acceptors (Lipinski definition) is 9. The first-order valence-electron chi connectivity index (χ1n) is 13.6. The van der Waals surface area contributed by atoms with E-state index in [1.54, 1.807) is 12.1 Å². The van der Waals surface area contributed by atoms with Gasteiger partial charge in [0, 0.05) is 44.8 Å². The molecule has 5 rings (SSSR count). The predicted octanol–water partition coefficient (Wildman–Crippen LogP) is 0.547. The van der Waals surface area contributed by atoms with Gasteiger partial charge in [-0.1, -0.05) is 0 Å². The lowest BCUT2D eigenvalue weighted by Gasteiger charge is -2.38. The van der Waals surface area contributed by atoms with Gasteiger partial charge in [-0.25, -0.2) is 0 Å². The number of benzene rings is 1. The van der Waals surface area contributed by atoms with Crippen molar-refractivity contribution in [1.29, 1.82) is 0 Å². The third-order valence-corrected chi connectivity index (χ3v) is 7.94. The van der Waals surface area contributed by atoms with Crippen LogP contribution < -0.4 is 10.2 Å². The Bertz CT molecular complexity index is 1060. The molecule has 206 valence electrons. The highest BCUT2D eigenvalue weighted by molar-refractivity contribution is 6.23. The minimum Gasteiger partial charge on any atom is -0.394 e. The quantitative estimate of drug-likeness (QED) is 0.349. The molecule has 0 aromatic heterocycles. The zero-order valence-electron chi connectivity index (χ0n) is 21.6. The largest absolute Gasteiger partial charge is 0.394 e. The Balaban J connectivity index is 1.11. The number of fused-ring (bicyclic) bond motifs is 1.